The first-order chi connectivity index (χ1) is 7.88. The number of hydrogen-bond acceptors (Lipinski definition) is 6. The van der Waals surface area contributed by atoms with Gasteiger partial charge >= 0.3 is 0 Å². The lowest BCUT2D eigenvalue weighted by Crippen LogP contribution is -1.91. The number of aliphatic hydroxyl groups excluding tert-OH is 1. The molecule has 3 heterocycles. The number of thiazole rings is 1. The van der Waals surface area contributed by atoms with E-state index < -0.39 is 0 Å². The Balaban J connectivity index is 2.05. The molecule has 0 fully saturated rings. The average Bonchev–Trinajstić information content (AvgIpc) is 2.93. The summed E-state index contributed by atoms with van der Waals surface area (Å²) in [6, 6.07) is 0. The molecule has 0 aliphatic rings. The molecule has 3 rings (SSSR count). The largest absolute Gasteiger partial charge is 0.390 e. The summed E-state index contributed by atoms with van der Waals surface area (Å²) in [6.07, 6.45) is 3.34. The molecule has 0 bridgehead atoms. The van der Waals surface area contributed by atoms with Gasteiger partial charge in [-0.1, -0.05) is 0 Å². The SMILES string of the molecule is OCc1c(Sc2ncn[nH]2)nc2sccn12. The van der Waals surface area contributed by atoms with Gasteiger partial charge in [-0.05, 0) is 11.8 Å². The highest BCUT2D eigenvalue weighted by Crippen LogP contribution is 2.29. The Bertz CT molecular complexity index is 599. The van der Waals surface area contributed by atoms with Gasteiger partial charge in [-0.2, -0.15) is 5.10 Å². The molecule has 0 unspecified atom stereocenters. The number of hydrogen-bond donors (Lipinski definition) is 2. The van der Waals surface area contributed by atoms with E-state index in [1.807, 2.05) is 16.0 Å². The van der Waals surface area contributed by atoms with Crippen LogP contribution >= 0.6 is 23.1 Å². The standard InChI is InChI=1S/C8H7N5OS2/c14-3-5-6(16-7-9-4-10-12-7)11-8-13(5)1-2-15-8/h1-2,4,14H,3H2,(H,9,10,12). The van der Waals surface area contributed by atoms with E-state index >= 15 is 0 Å². The van der Waals surface area contributed by atoms with Crippen molar-refractivity contribution in [1.29, 1.82) is 0 Å². The Labute approximate surface area is 98.4 Å². The number of aromatic nitrogens is 5. The first kappa shape index (κ1) is 9.82. The number of aromatic amines is 1. The van der Waals surface area contributed by atoms with Crippen molar-refractivity contribution in [3.8, 4) is 0 Å². The van der Waals surface area contributed by atoms with Gasteiger partial charge in [0.2, 0.25) is 0 Å². The molecule has 0 saturated heterocycles. The number of rotatable bonds is 3. The minimum absolute atomic E-state index is 0.0473. The molecule has 0 saturated carbocycles. The summed E-state index contributed by atoms with van der Waals surface area (Å²) in [4.78, 5) is 9.29. The van der Waals surface area contributed by atoms with Gasteiger partial charge in [0.05, 0.1) is 12.3 Å². The maximum absolute atomic E-state index is 9.34. The Morgan fingerprint density at radius 3 is 3.25 bits per heavy atom. The van der Waals surface area contributed by atoms with Crippen LogP contribution in [0.3, 0.4) is 0 Å². The predicted molar refractivity (Wildman–Crippen MR) is 59.5 cm³/mol. The topological polar surface area (TPSA) is 79.1 Å². The molecule has 0 aliphatic carbocycles. The van der Waals surface area contributed by atoms with Crippen LogP contribution in [0.1, 0.15) is 5.69 Å². The van der Waals surface area contributed by atoms with E-state index in [-0.39, 0.29) is 6.61 Å². The van der Waals surface area contributed by atoms with E-state index in [9.17, 15) is 5.11 Å². The second-order valence-corrected chi connectivity index (χ2v) is 4.82. The highest BCUT2D eigenvalue weighted by Gasteiger charge is 2.14. The number of imidazole rings is 1. The van der Waals surface area contributed by atoms with Crippen molar-refractivity contribution in [3.63, 3.8) is 0 Å². The molecule has 0 amide bonds. The quantitative estimate of drug-likeness (QED) is 0.732. The van der Waals surface area contributed by atoms with Gasteiger partial charge in [-0.25, -0.2) is 9.97 Å². The van der Waals surface area contributed by atoms with Crippen molar-refractivity contribution in [1.82, 2.24) is 24.6 Å². The van der Waals surface area contributed by atoms with E-state index in [0.717, 1.165) is 15.7 Å². The lowest BCUT2D eigenvalue weighted by Gasteiger charge is -1.96. The van der Waals surface area contributed by atoms with Gasteiger partial charge < -0.3 is 5.11 Å². The zero-order chi connectivity index (χ0) is 11.0. The van der Waals surface area contributed by atoms with Crippen LogP contribution in [0.15, 0.2) is 28.1 Å². The van der Waals surface area contributed by atoms with Crippen LogP contribution in [-0.2, 0) is 6.61 Å². The van der Waals surface area contributed by atoms with Crippen LogP contribution in [0.5, 0.6) is 0 Å². The Kier molecular flexibility index (Phi) is 2.39. The van der Waals surface area contributed by atoms with Crippen LogP contribution in [0.2, 0.25) is 0 Å². The zero-order valence-corrected chi connectivity index (χ0v) is 9.62. The smallest absolute Gasteiger partial charge is 0.195 e. The normalized spacial score (nSPS) is 11.3. The van der Waals surface area contributed by atoms with Crippen molar-refractivity contribution in [2.45, 2.75) is 16.8 Å². The molecule has 0 aliphatic heterocycles. The van der Waals surface area contributed by atoms with Crippen molar-refractivity contribution in [3.05, 3.63) is 23.6 Å². The molecule has 2 N–H and O–H groups in total. The molecule has 0 spiro atoms. The third-order valence-corrected chi connectivity index (χ3v) is 3.73. The molecule has 16 heavy (non-hydrogen) atoms. The molecular weight excluding hydrogens is 246 g/mol. The number of H-pyrrole nitrogens is 1. The fraction of sp³-hybridized carbons (Fsp3) is 0.125. The highest BCUT2D eigenvalue weighted by molar-refractivity contribution is 7.99. The molecule has 3 aromatic rings. The predicted octanol–water partition coefficient (Wildman–Crippen LogP) is 1.16. The van der Waals surface area contributed by atoms with E-state index in [1.54, 1.807) is 0 Å². The molecule has 0 radical (unpaired) electrons. The van der Waals surface area contributed by atoms with Gasteiger partial charge in [0.15, 0.2) is 10.1 Å². The summed E-state index contributed by atoms with van der Waals surface area (Å²) in [5, 5.41) is 19.2. The zero-order valence-electron chi connectivity index (χ0n) is 7.99. The fourth-order valence-corrected chi connectivity index (χ4v) is 2.96. The van der Waals surface area contributed by atoms with Crippen molar-refractivity contribution in [2.24, 2.45) is 0 Å². The lowest BCUT2D eigenvalue weighted by atomic mass is 10.5. The number of nitrogens with zero attached hydrogens (tertiary/aromatic N) is 4. The molecule has 6 nitrogen and oxygen atoms in total. The minimum atomic E-state index is -0.0473. The Hall–Kier alpha value is -1.38. The second kappa shape index (κ2) is 3.89. The van der Waals surface area contributed by atoms with Crippen LogP contribution in [0.4, 0.5) is 0 Å². The van der Waals surface area contributed by atoms with Gasteiger partial charge in [0.1, 0.15) is 11.4 Å². The van der Waals surface area contributed by atoms with Gasteiger partial charge in [0.25, 0.3) is 0 Å². The van der Waals surface area contributed by atoms with E-state index in [1.165, 1.54) is 29.4 Å². The maximum Gasteiger partial charge on any atom is 0.195 e. The molecule has 0 atom stereocenters. The molecule has 3 aromatic heterocycles. The third-order valence-electron chi connectivity index (χ3n) is 2.06. The fourth-order valence-electron chi connectivity index (χ4n) is 1.37. The number of aliphatic hydroxyl groups is 1. The molecule has 8 heteroatoms. The summed E-state index contributed by atoms with van der Waals surface area (Å²) in [5.41, 5.74) is 0.776. The summed E-state index contributed by atoms with van der Waals surface area (Å²) in [7, 11) is 0. The van der Waals surface area contributed by atoms with Crippen molar-refractivity contribution >= 4 is 28.1 Å². The monoisotopic (exact) mass is 253 g/mol. The Morgan fingerprint density at radius 2 is 2.50 bits per heavy atom. The summed E-state index contributed by atoms with van der Waals surface area (Å²) < 4.78 is 1.88. The average molecular weight is 253 g/mol. The van der Waals surface area contributed by atoms with E-state index in [4.69, 9.17) is 0 Å². The first-order valence-electron chi connectivity index (χ1n) is 4.47. The highest BCUT2D eigenvalue weighted by atomic mass is 32.2. The van der Waals surface area contributed by atoms with Gasteiger partial charge in [0, 0.05) is 11.6 Å². The molecule has 0 aromatic carbocycles. The van der Waals surface area contributed by atoms with Crippen molar-refractivity contribution in [2.75, 3.05) is 0 Å². The first-order valence-corrected chi connectivity index (χ1v) is 6.16. The van der Waals surface area contributed by atoms with E-state index in [2.05, 4.69) is 20.2 Å². The molecular formula is C8H7N5OS2. The Morgan fingerprint density at radius 1 is 1.56 bits per heavy atom. The minimum Gasteiger partial charge on any atom is -0.390 e. The number of fused-ring (bicyclic) bond motifs is 1. The third kappa shape index (κ3) is 1.51. The maximum atomic E-state index is 9.34. The summed E-state index contributed by atoms with van der Waals surface area (Å²) >= 11 is 2.89. The summed E-state index contributed by atoms with van der Waals surface area (Å²) in [6.45, 7) is -0.0473. The van der Waals surface area contributed by atoms with E-state index in [0.29, 0.717) is 5.16 Å². The van der Waals surface area contributed by atoms with Gasteiger partial charge in [-0.3, -0.25) is 9.50 Å². The molecule has 82 valence electrons. The lowest BCUT2D eigenvalue weighted by molar-refractivity contribution is 0.272. The summed E-state index contributed by atoms with van der Waals surface area (Å²) in [5.74, 6) is 0. The van der Waals surface area contributed by atoms with Gasteiger partial charge in [-0.15, -0.1) is 11.3 Å². The van der Waals surface area contributed by atoms with Crippen LogP contribution < -0.4 is 0 Å². The number of nitrogens with one attached hydrogen (secondary N) is 1. The van der Waals surface area contributed by atoms with Crippen LogP contribution in [0.25, 0.3) is 4.96 Å². The second-order valence-electron chi connectivity index (χ2n) is 2.97. The van der Waals surface area contributed by atoms with Crippen LogP contribution in [0, 0.1) is 0 Å². The van der Waals surface area contributed by atoms with Crippen LogP contribution in [-0.4, -0.2) is 29.7 Å². The van der Waals surface area contributed by atoms with Crippen molar-refractivity contribution < 1.29 is 5.11 Å².